The van der Waals surface area contributed by atoms with E-state index in [-0.39, 0.29) is 11.9 Å². The van der Waals surface area contributed by atoms with Gasteiger partial charge in [-0.25, -0.2) is 4.39 Å². The highest BCUT2D eigenvalue weighted by Crippen LogP contribution is 2.15. The zero-order valence-corrected chi connectivity index (χ0v) is 11.6. The summed E-state index contributed by atoms with van der Waals surface area (Å²) >= 11 is 0. The van der Waals surface area contributed by atoms with E-state index < -0.39 is 5.82 Å². The van der Waals surface area contributed by atoms with Crippen molar-refractivity contribution in [2.75, 3.05) is 0 Å². The standard InChI is InChI=1S/C15H17FN4O/c1-10(11-4-6-18-7-5-11)19-9-12-2-3-13(16)8-14(12)15(17)20-21/h2-8,10,19,21H,9H2,1H3,(H2,17,20)/t10-/m1/s1. The fourth-order valence-corrected chi connectivity index (χ4v) is 2.03. The molecule has 0 saturated heterocycles. The Kier molecular flexibility index (Phi) is 4.84. The lowest BCUT2D eigenvalue weighted by Crippen LogP contribution is -2.22. The molecule has 110 valence electrons. The molecule has 0 radical (unpaired) electrons. The van der Waals surface area contributed by atoms with E-state index in [9.17, 15) is 4.39 Å². The van der Waals surface area contributed by atoms with Gasteiger partial charge in [-0.3, -0.25) is 4.98 Å². The Hall–Kier alpha value is -2.47. The van der Waals surface area contributed by atoms with E-state index in [1.807, 2.05) is 19.1 Å². The van der Waals surface area contributed by atoms with Gasteiger partial charge in [0.05, 0.1) is 0 Å². The molecule has 0 amide bonds. The highest BCUT2D eigenvalue weighted by molar-refractivity contribution is 5.98. The number of hydrogen-bond acceptors (Lipinski definition) is 4. The van der Waals surface area contributed by atoms with Crippen LogP contribution in [-0.2, 0) is 6.54 Å². The van der Waals surface area contributed by atoms with E-state index in [2.05, 4.69) is 15.5 Å². The molecule has 0 saturated carbocycles. The zero-order chi connectivity index (χ0) is 15.2. The minimum atomic E-state index is -0.428. The molecule has 0 aliphatic carbocycles. The maximum atomic E-state index is 13.3. The molecule has 0 aliphatic heterocycles. The Morgan fingerprint density at radius 3 is 2.76 bits per heavy atom. The Morgan fingerprint density at radius 1 is 1.38 bits per heavy atom. The van der Waals surface area contributed by atoms with Gasteiger partial charge >= 0.3 is 0 Å². The van der Waals surface area contributed by atoms with Gasteiger partial charge in [0, 0.05) is 30.5 Å². The van der Waals surface area contributed by atoms with Gasteiger partial charge in [0.15, 0.2) is 5.84 Å². The Morgan fingerprint density at radius 2 is 2.10 bits per heavy atom. The third-order valence-electron chi connectivity index (χ3n) is 3.26. The Balaban J connectivity index is 2.13. The van der Waals surface area contributed by atoms with Crippen LogP contribution in [0.1, 0.15) is 29.7 Å². The lowest BCUT2D eigenvalue weighted by molar-refractivity contribution is 0.318. The number of nitrogens with two attached hydrogens (primary N) is 1. The summed E-state index contributed by atoms with van der Waals surface area (Å²) in [6.45, 7) is 2.48. The molecule has 1 aromatic carbocycles. The number of aromatic nitrogens is 1. The van der Waals surface area contributed by atoms with E-state index in [0.29, 0.717) is 12.1 Å². The summed E-state index contributed by atoms with van der Waals surface area (Å²) in [6, 6.07) is 8.16. The number of oxime groups is 1. The van der Waals surface area contributed by atoms with E-state index in [1.165, 1.54) is 12.1 Å². The fourth-order valence-electron chi connectivity index (χ4n) is 2.03. The number of nitrogens with zero attached hydrogens (tertiary/aromatic N) is 2. The summed E-state index contributed by atoms with van der Waals surface area (Å²) in [7, 11) is 0. The van der Waals surface area contributed by atoms with Gasteiger partial charge in [-0.1, -0.05) is 11.2 Å². The molecule has 6 heteroatoms. The number of rotatable bonds is 5. The number of pyridine rings is 1. The summed E-state index contributed by atoms with van der Waals surface area (Å²) in [5.41, 5.74) is 7.81. The molecule has 5 nitrogen and oxygen atoms in total. The molecular formula is C15H17FN4O. The summed E-state index contributed by atoms with van der Waals surface area (Å²) < 4.78 is 13.3. The van der Waals surface area contributed by atoms with Crippen molar-refractivity contribution in [1.82, 2.24) is 10.3 Å². The molecule has 0 bridgehead atoms. The summed E-state index contributed by atoms with van der Waals surface area (Å²) in [4.78, 5) is 3.97. The van der Waals surface area contributed by atoms with Gasteiger partial charge in [0.25, 0.3) is 0 Å². The predicted molar refractivity (Wildman–Crippen MR) is 78.4 cm³/mol. The van der Waals surface area contributed by atoms with Gasteiger partial charge in [0.2, 0.25) is 0 Å². The highest BCUT2D eigenvalue weighted by atomic mass is 19.1. The number of benzene rings is 1. The van der Waals surface area contributed by atoms with Crippen LogP contribution in [0.4, 0.5) is 4.39 Å². The largest absolute Gasteiger partial charge is 0.409 e. The van der Waals surface area contributed by atoms with Crippen LogP contribution < -0.4 is 11.1 Å². The second kappa shape index (κ2) is 6.81. The molecule has 4 N–H and O–H groups in total. The molecule has 2 aromatic rings. The fraction of sp³-hybridized carbons (Fsp3) is 0.200. The van der Waals surface area contributed by atoms with Crippen molar-refractivity contribution in [2.45, 2.75) is 19.5 Å². The summed E-state index contributed by atoms with van der Waals surface area (Å²) in [6.07, 6.45) is 3.46. The SMILES string of the molecule is C[C@@H](NCc1ccc(F)cc1/C(N)=N/O)c1ccncc1. The molecule has 2 rings (SSSR count). The second-order valence-corrected chi connectivity index (χ2v) is 4.67. The Labute approximate surface area is 122 Å². The average Bonchev–Trinajstić information content (AvgIpc) is 2.53. The molecule has 21 heavy (non-hydrogen) atoms. The van der Waals surface area contributed by atoms with E-state index >= 15 is 0 Å². The predicted octanol–water partition coefficient (Wildman–Crippen LogP) is 2.17. The van der Waals surface area contributed by atoms with Crippen molar-refractivity contribution in [1.29, 1.82) is 0 Å². The van der Waals surface area contributed by atoms with Crippen molar-refractivity contribution in [3.63, 3.8) is 0 Å². The van der Waals surface area contributed by atoms with Crippen molar-refractivity contribution in [2.24, 2.45) is 10.9 Å². The van der Waals surface area contributed by atoms with Crippen LogP contribution >= 0.6 is 0 Å². The lowest BCUT2D eigenvalue weighted by atomic mass is 10.0. The normalized spacial score (nSPS) is 13.1. The second-order valence-electron chi connectivity index (χ2n) is 4.67. The van der Waals surface area contributed by atoms with Crippen LogP contribution in [-0.4, -0.2) is 16.0 Å². The molecule has 1 heterocycles. The monoisotopic (exact) mass is 288 g/mol. The van der Waals surface area contributed by atoms with Gasteiger partial charge in [-0.05, 0) is 42.3 Å². The van der Waals surface area contributed by atoms with Gasteiger partial charge < -0.3 is 16.3 Å². The van der Waals surface area contributed by atoms with Gasteiger partial charge in [0.1, 0.15) is 5.82 Å². The first-order chi connectivity index (χ1) is 10.1. The molecule has 0 spiro atoms. The van der Waals surface area contributed by atoms with Crippen LogP contribution in [0.2, 0.25) is 0 Å². The molecule has 0 aliphatic rings. The van der Waals surface area contributed by atoms with Gasteiger partial charge in [-0.15, -0.1) is 0 Å². The van der Waals surface area contributed by atoms with Crippen molar-refractivity contribution >= 4 is 5.84 Å². The first-order valence-electron chi connectivity index (χ1n) is 6.51. The molecule has 1 aromatic heterocycles. The third kappa shape index (κ3) is 3.76. The maximum absolute atomic E-state index is 13.3. The molecular weight excluding hydrogens is 271 g/mol. The smallest absolute Gasteiger partial charge is 0.170 e. The van der Waals surface area contributed by atoms with Crippen LogP contribution in [0.15, 0.2) is 47.9 Å². The van der Waals surface area contributed by atoms with E-state index in [4.69, 9.17) is 10.9 Å². The minimum absolute atomic E-state index is 0.0955. The number of amidine groups is 1. The quantitative estimate of drug-likeness (QED) is 0.341. The maximum Gasteiger partial charge on any atom is 0.170 e. The van der Waals surface area contributed by atoms with E-state index in [1.54, 1.807) is 18.5 Å². The van der Waals surface area contributed by atoms with Gasteiger partial charge in [-0.2, -0.15) is 0 Å². The van der Waals surface area contributed by atoms with E-state index in [0.717, 1.165) is 11.1 Å². The summed E-state index contributed by atoms with van der Waals surface area (Å²) in [5, 5.41) is 15.0. The Bertz CT molecular complexity index is 631. The molecule has 0 fully saturated rings. The van der Waals surface area contributed by atoms with Crippen LogP contribution in [0.5, 0.6) is 0 Å². The summed E-state index contributed by atoms with van der Waals surface area (Å²) in [5.74, 6) is -0.537. The number of halogens is 1. The van der Waals surface area contributed by atoms with Crippen LogP contribution in [0, 0.1) is 5.82 Å². The highest BCUT2D eigenvalue weighted by Gasteiger charge is 2.10. The zero-order valence-electron chi connectivity index (χ0n) is 11.6. The van der Waals surface area contributed by atoms with Crippen molar-refractivity contribution < 1.29 is 9.60 Å². The van der Waals surface area contributed by atoms with Crippen LogP contribution in [0.3, 0.4) is 0 Å². The minimum Gasteiger partial charge on any atom is -0.409 e. The van der Waals surface area contributed by atoms with Crippen molar-refractivity contribution in [3.8, 4) is 0 Å². The lowest BCUT2D eigenvalue weighted by Gasteiger charge is -2.15. The first kappa shape index (κ1) is 14.9. The third-order valence-corrected chi connectivity index (χ3v) is 3.26. The molecule has 0 unspecified atom stereocenters. The first-order valence-corrected chi connectivity index (χ1v) is 6.51. The van der Waals surface area contributed by atoms with Crippen molar-refractivity contribution in [3.05, 3.63) is 65.2 Å². The topological polar surface area (TPSA) is 83.5 Å². The van der Waals surface area contributed by atoms with Crippen LogP contribution in [0.25, 0.3) is 0 Å². The average molecular weight is 288 g/mol. The molecule has 1 atom stereocenters. The number of nitrogens with one attached hydrogen (secondary N) is 1. The number of hydrogen-bond donors (Lipinski definition) is 3.